The van der Waals surface area contributed by atoms with E-state index in [9.17, 15) is 4.79 Å². The van der Waals surface area contributed by atoms with E-state index in [0.717, 1.165) is 17.7 Å². The molecule has 2 rings (SSSR count). The van der Waals surface area contributed by atoms with Gasteiger partial charge in [-0.2, -0.15) is 0 Å². The zero-order valence-corrected chi connectivity index (χ0v) is 11.4. The van der Waals surface area contributed by atoms with E-state index >= 15 is 0 Å². The van der Waals surface area contributed by atoms with E-state index in [-0.39, 0.29) is 5.78 Å². The van der Waals surface area contributed by atoms with Crippen LogP contribution in [0.4, 0.5) is 0 Å². The minimum atomic E-state index is 0.147. The lowest BCUT2D eigenvalue weighted by Crippen LogP contribution is -2.23. The van der Waals surface area contributed by atoms with Crippen molar-refractivity contribution in [2.45, 2.75) is 20.4 Å². The molecule has 2 heteroatoms. The third-order valence-corrected chi connectivity index (χ3v) is 3.14. The summed E-state index contributed by atoms with van der Waals surface area (Å²) in [5.41, 5.74) is 4.24. The number of aryl methyl sites for hydroxylation is 2. The maximum Gasteiger partial charge on any atom is 0.176 e. The third kappa shape index (κ3) is 3.76. The minimum absolute atomic E-state index is 0.147. The first-order chi connectivity index (χ1) is 9.16. The SMILES string of the molecule is Cc1ccc(C(=O)CNCc2ccccc2)c(C)c1. The van der Waals surface area contributed by atoms with Gasteiger partial charge in [0.15, 0.2) is 5.78 Å². The summed E-state index contributed by atoms with van der Waals surface area (Å²) in [6.07, 6.45) is 0. The molecular weight excluding hydrogens is 234 g/mol. The number of carbonyl (C=O) groups is 1. The van der Waals surface area contributed by atoms with Crippen molar-refractivity contribution in [1.82, 2.24) is 5.32 Å². The van der Waals surface area contributed by atoms with Crippen molar-refractivity contribution >= 4 is 5.78 Å². The highest BCUT2D eigenvalue weighted by Crippen LogP contribution is 2.11. The largest absolute Gasteiger partial charge is 0.306 e. The number of Topliss-reactive ketones (excluding diaryl/α,β-unsaturated/α-hetero) is 1. The number of hydrogen-bond acceptors (Lipinski definition) is 2. The first-order valence-corrected chi connectivity index (χ1v) is 6.52. The average molecular weight is 253 g/mol. The number of ketones is 1. The van der Waals surface area contributed by atoms with Gasteiger partial charge in [0.25, 0.3) is 0 Å². The van der Waals surface area contributed by atoms with Crippen molar-refractivity contribution in [3.63, 3.8) is 0 Å². The lowest BCUT2D eigenvalue weighted by molar-refractivity contribution is 0.0990. The van der Waals surface area contributed by atoms with E-state index in [2.05, 4.69) is 17.4 Å². The van der Waals surface area contributed by atoms with E-state index in [1.165, 1.54) is 11.1 Å². The van der Waals surface area contributed by atoms with Crippen LogP contribution in [0, 0.1) is 13.8 Å². The summed E-state index contributed by atoms with van der Waals surface area (Å²) >= 11 is 0. The van der Waals surface area contributed by atoms with Gasteiger partial charge < -0.3 is 5.32 Å². The van der Waals surface area contributed by atoms with Crippen molar-refractivity contribution in [2.75, 3.05) is 6.54 Å². The van der Waals surface area contributed by atoms with Gasteiger partial charge in [-0.15, -0.1) is 0 Å². The van der Waals surface area contributed by atoms with Gasteiger partial charge in [-0.1, -0.05) is 54.1 Å². The molecule has 0 unspecified atom stereocenters. The van der Waals surface area contributed by atoms with Crippen molar-refractivity contribution in [3.05, 3.63) is 70.8 Å². The van der Waals surface area contributed by atoms with Crippen LogP contribution in [0.25, 0.3) is 0 Å². The van der Waals surface area contributed by atoms with Gasteiger partial charge in [-0.3, -0.25) is 4.79 Å². The van der Waals surface area contributed by atoms with Crippen LogP contribution < -0.4 is 5.32 Å². The Bertz CT molecular complexity index is 561. The van der Waals surface area contributed by atoms with E-state index in [1.54, 1.807) is 0 Å². The number of benzene rings is 2. The summed E-state index contributed by atoms with van der Waals surface area (Å²) in [6.45, 7) is 5.11. The van der Waals surface area contributed by atoms with Crippen LogP contribution in [0.3, 0.4) is 0 Å². The zero-order valence-electron chi connectivity index (χ0n) is 11.4. The fraction of sp³-hybridized carbons (Fsp3) is 0.235. The topological polar surface area (TPSA) is 29.1 Å². The summed E-state index contributed by atoms with van der Waals surface area (Å²) in [5.74, 6) is 0.147. The van der Waals surface area contributed by atoms with Crippen LogP contribution in [0.5, 0.6) is 0 Å². The number of carbonyl (C=O) groups excluding carboxylic acids is 1. The molecule has 2 nitrogen and oxygen atoms in total. The van der Waals surface area contributed by atoms with Crippen molar-refractivity contribution in [3.8, 4) is 0 Å². The minimum Gasteiger partial charge on any atom is -0.306 e. The molecule has 0 aromatic heterocycles. The van der Waals surface area contributed by atoms with Gasteiger partial charge in [0.1, 0.15) is 0 Å². The van der Waals surface area contributed by atoms with Crippen molar-refractivity contribution in [2.24, 2.45) is 0 Å². The standard InChI is InChI=1S/C17H19NO/c1-13-8-9-16(14(2)10-13)17(19)12-18-11-15-6-4-3-5-7-15/h3-10,18H,11-12H2,1-2H3. The molecule has 2 aromatic rings. The summed E-state index contributed by atoms with van der Waals surface area (Å²) in [6, 6.07) is 16.0. The molecule has 0 amide bonds. The Balaban J connectivity index is 1.91. The molecule has 0 atom stereocenters. The van der Waals surface area contributed by atoms with Gasteiger partial charge in [0.05, 0.1) is 6.54 Å². The van der Waals surface area contributed by atoms with Crippen LogP contribution in [0.2, 0.25) is 0 Å². The van der Waals surface area contributed by atoms with Crippen LogP contribution in [0.1, 0.15) is 27.0 Å². The van der Waals surface area contributed by atoms with Gasteiger partial charge in [-0.25, -0.2) is 0 Å². The molecule has 0 fully saturated rings. The Morgan fingerprint density at radius 3 is 2.47 bits per heavy atom. The lowest BCUT2D eigenvalue weighted by Gasteiger charge is -2.07. The maximum atomic E-state index is 12.1. The highest BCUT2D eigenvalue weighted by molar-refractivity contribution is 5.98. The van der Waals surface area contributed by atoms with Gasteiger partial charge in [0.2, 0.25) is 0 Å². The normalized spacial score (nSPS) is 10.4. The van der Waals surface area contributed by atoms with Crippen LogP contribution in [0.15, 0.2) is 48.5 Å². The predicted molar refractivity (Wildman–Crippen MR) is 78.4 cm³/mol. The number of rotatable bonds is 5. The van der Waals surface area contributed by atoms with Crippen molar-refractivity contribution in [1.29, 1.82) is 0 Å². The molecule has 0 bridgehead atoms. The van der Waals surface area contributed by atoms with E-state index in [0.29, 0.717) is 6.54 Å². The van der Waals surface area contributed by atoms with Gasteiger partial charge in [0, 0.05) is 12.1 Å². The van der Waals surface area contributed by atoms with E-state index < -0.39 is 0 Å². The molecule has 0 aliphatic heterocycles. The summed E-state index contributed by atoms with van der Waals surface area (Å²) in [5, 5.41) is 3.19. The second kappa shape index (κ2) is 6.30. The Morgan fingerprint density at radius 1 is 1.05 bits per heavy atom. The van der Waals surface area contributed by atoms with Gasteiger partial charge >= 0.3 is 0 Å². The molecule has 0 saturated heterocycles. The van der Waals surface area contributed by atoms with Crippen molar-refractivity contribution < 1.29 is 4.79 Å². The first-order valence-electron chi connectivity index (χ1n) is 6.52. The molecule has 0 heterocycles. The molecule has 0 aliphatic carbocycles. The fourth-order valence-corrected chi connectivity index (χ4v) is 2.14. The van der Waals surface area contributed by atoms with Crippen LogP contribution >= 0.6 is 0 Å². The fourth-order valence-electron chi connectivity index (χ4n) is 2.14. The molecule has 1 N–H and O–H groups in total. The molecule has 0 spiro atoms. The second-order valence-corrected chi connectivity index (χ2v) is 4.83. The highest BCUT2D eigenvalue weighted by Gasteiger charge is 2.08. The Hall–Kier alpha value is -1.93. The molecule has 19 heavy (non-hydrogen) atoms. The van der Waals surface area contributed by atoms with E-state index in [1.807, 2.05) is 50.2 Å². The maximum absolute atomic E-state index is 12.1. The first kappa shape index (κ1) is 13.5. The van der Waals surface area contributed by atoms with E-state index in [4.69, 9.17) is 0 Å². The third-order valence-electron chi connectivity index (χ3n) is 3.14. The van der Waals surface area contributed by atoms with Crippen LogP contribution in [-0.2, 0) is 6.54 Å². The van der Waals surface area contributed by atoms with Gasteiger partial charge in [-0.05, 0) is 25.0 Å². The molecule has 98 valence electrons. The molecule has 0 radical (unpaired) electrons. The number of hydrogen-bond donors (Lipinski definition) is 1. The Morgan fingerprint density at radius 2 is 1.79 bits per heavy atom. The average Bonchev–Trinajstić information content (AvgIpc) is 2.39. The summed E-state index contributed by atoms with van der Waals surface area (Å²) in [7, 11) is 0. The monoisotopic (exact) mass is 253 g/mol. The Kier molecular flexibility index (Phi) is 4.48. The molecule has 0 aliphatic rings. The zero-order chi connectivity index (χ0) is 13.7. The molecular formula is C17H19NO. The lowest BCUT2D eigenvalue weighted by atomic mass is 10.0. The van der Waals surface area contributed by atoms with Crippen LogP contribution in [-0.4, -0.2) is 12.3 Å². The smallest absolute Gasteiger partial charge is 0.176 e. The molecule has 0 saturated carbocycles. The molecule has 2 aromatic carbocycles. The predicted octanol–water partition coefficient (Wildman–Crippen LogP) is 3.28. The summed E-state index contributed by atoms with van der Waals surface area (Å²) in [4.78, 5) is 12.1. The highest BCUT2D eigenvalue weighted by atomic mass is 16.1. The Labute approximate surface area is 114 Å². The summed E-state index contributed by atoms with van der Waals surface area (Å²) < 4.78 is 0. The second-order valence-electron chi connectivity index (χ2n) is 4.83. The number of nitrogens with one attached hydrogen (secondary N) is 1. The quantitative estimate of drug-likeness (QED) is 0.829.